The van der Waals surface area contributed by atoms with Crippen molar-refractivity contribution in [3.63, 3.8) is 0 Å². The van der Waals surface area contributed by atoms with Crippen molar-refractivity contribution in [2.45, 2.75) is 26.3 Å². The van der Waals surface area contributed by atoms with Crippen LogP contribution < -0.4 is 5.32 Å². The fraction of sp³-hybridized carbons (Fsp3) is 0.500. The van der Waals surface area contributed by atoms with Crippen molar-refractivity contribution in [2.75, 3.05) is 6.54 Å². The summed E-state index contributed by atoms with van der Waals surface area (Å²) < 4.78 is 0. The van der Waals surface area contributed by atoms with Gasteiger partial charge in [-0.3, -0.25) is 0 Å². The van der Waals surface area contributed by atoms with Gasteiger partial charge in [0.15, 0.2) is 0 Å². The van der Waals surface area contributed by atoms with E-state index in [-0.39, 0.29) is 6.04 Å². The number of benzene rings is 1. The lowest BCUT2D eigenvalue weighted by Gasteiger charge is -2.34. The number of hydrogen-bond donors (Lipinski definition) is 2. The molecule has 3 nitrogen and oxygen atoms in total. The molecule has 1 aliphatic heterocycles. The Bertz CT molecular complexity index is 416. The molecule has 0 spiro atoms. The van der Waals surface area contributed by atoms with Gasteiger partial charge < -0.3 is 10.4 Å². The maximum Gasteiger partial charge on any atom is 0.335 e. The number of carbonyl (C=O) groups is 1. The smallest absolute Gasteiger partial charge is 0.335 e. The number of carboxylic acids is 1. The minimum Gasteiger partial charge on any atom is -0.478 e. The number of carboxylic acid groups (broad SMARTS) is 1. The third-order valence-corrected chi connectivity index (χ3v) is 3.52. The molecule has 1 saturated heterocycles. The van der Waals surface area contributed by atoms with Crippen LogP contribution in [0.3, 0.4) is 0 Å². The zero-order valence-corrected chi connectivity index (χ0v) is 10.3. The summed E-state index contributed by atoms with van der Waals surface area (Å²) >= 11 is 0. The van der Waals surface area contributed by atoms with Crippen LogP contribution in [0.2, 0.25) is 0 Å². The third-order valence-electron chi connectivity index (χ3n) is 3.52. The van der Waals surface area contributed by atoms with E-state index in [2.05, 4.69) is 19.2 Å². The maximum absolute atomic E-state index is 10.9. The molecular formula is C14H19NO2. The van der Waals surface area contributed by atoms with E-state index in [4.69, 9.17) is 5.11 Å². The number of piperidine rings is 1. The van der Waals surface area contributed by atoms with Crippen molar-refractivity contribution in [3.8, 4) is 0 Å². The SMILES string of the molecule is CC1CNC(c2cccc(C(=O)O)c2)C(C)C1. The Hall–Kier alpha value is -1.35. The van der Waals surface area contributed by atoms with Gasteiger partial charge in [-0.2, -0.15) is 0 Å². The minimum atomic E-state index is -0.858. The summed E-state index contributed by atoms with van der Waals surface area (Å²) in [6.07, 6.45) is 1.19. The lowest BCUT2D eigenvalue weighted by molar-refractivity contribution is 0.0696. The van der Waals surface area contributed by atoms with Crippen molar-refractivity contribution in [2.24, 2.45) is 11.8 Å². The first kappa shape index (κ1) is 12.1. The first-order valence-electron chi connectivity index (χ1n) is 6.14. The van der Waals surface area contributed by atoms with E-state index in [0.717, 1.165) is 12.1 Å². The molecule has 2 N–H and O–H groups in total. The summed E-state index contributed by atoms with van der Waals surface area (Å²) in [4.78, 5) is 10.9. The van der Waals surface area contributed by atoms with Gasteiger partial charge in [0.1, 0.15) is 0 Å². The predicted molar refractivity (Wildman–Crippen MR) is 67.1 cm³/mol. The summed E-state index contributed by atoms with van der Waals surface area (Å²) in [7, 11) is 0. The van der Waals surface area contributed by atoms with Crippen LogP contribution in [0.4, 0.5) is 0 Å². The molecule has 92 valence electrons. The highest BCUT2D eigenvalue weighted by Gasteiger charge is 2.26. The lowest BCUT2D eigenvalue weighted by Crippen LogP contribution is -2.37. The van der Waals surface area contributed by atoms with Gasteiger partial charge in [-0.05, 0) is 42.5 Å². The molecule has 3 atom stereocenters. The second kappa shape index (κ2) is 4.88. The standard InChI is InChI=1S/C14H19NO2/c1-9-6-10(2)13(15-8-9)11-4-3-5-12(7-11)14(16)17/h3-5,7,9-10,13,15H,6,8H2,1-2H3,(H,16,17). The van der Waals surface area contributed by atoms with Gasteiger partial charge in [0.2, 0.25) is 0 Å². The zero-order valence-electron chi connectivity index (χ0n) is 10.3. The van der Waals surface area contributed by atoms with Gasteiger partial charge in [0, 0.05) is 6.04 Å². The Kier molecular flexibility index (Phi) is 3.48. The normalized spacial score (nSPS) is 28.9. The maximum atomic E-state index is 10.9. The van der Waals surface area contributed by atoms with E-state index < -0.39 is 5.97 Å². The lowest BCUT2D eigenvalue weighted by atomic mass is 9.83. The van der Waals surface area contributed by atoms with Gasteiger partial charge in [0.25, 0.3) is 0 Å². The Morgan fingerprint density at radius 1 is 1.41 bits per heavy atom. The molecule has 1 fully saturated rings. The molecule has 1 heterocycles. The predicted octanol–water partition coefficient (Wildman–Crippen LogP) is 2.69. The zero-order chi connectivity index (χ0) is 12.4. The first-order chi connectivity index (χ1) is 8.08. The number of nitrogens with one attached hydrogen (secondary N) is 1. The van der Waals surface area contributed by atoms with E-state index in [1.807, 2.05) is 12.1 Å². The Morgan fingerprint density at radius 3 is 2.82 bits per heavy atom. The van der Waals surface area contributed by atoms with Gasteiger partial charge >= 0.3 is 5.97 Å². The highest BCUT2D eigenvalue weighted by atomic mass is 16.4. The summed E-state index contributed by atoms with van der Waals surface area (Å²) in [5.74, 6) is 0.385. The molecule has 0 aliphatic carbocycles. The number of hydrogen-bond acceptors (Lipinski definition) is 2. The molecule has 1 aromatic rings. The van der Waals surface area contributed by atoms with E-state index in [0.29, 0.717) is 17.4 Å². The Balaban J connectivity index is 2.22. The third kappa shape index (κ3) is 2.67. The van der Waals surface area contributed by atoms with Crippen LogP contribution in [-0.4, -0.2) is 17.6 Å². The highest BCUT2D eigenvalue weighted by Crippen LogP contribution is 2.31. The summed E-state index contributed by atoms with van der Waals surface area (Å²) in [5.41, 5.74) is 1.46. The second-order valence-corrected chi connectivity index (χ2v) is 5.13. The van der Waals surface area contributed by atoms with E-state index in [9.17, 15) is 4.79 Å². The van der Waals surface area contributed by atoms with Crippen LogP contribution in [0.25, 0.3) is 0 Å². The number of aromatic carboxylic acids is 1. The Morgan fingerprint density at radius 2 is 2.18 bits per heavy atom. The van der Waals surface area contributed by atoms with Crippen LogP contribution in [0.1, 0.15) is 42.2 Å². The highest BCUT2D eigenvalue weighted by molar-refractivity contribution is 5.87. The van der Waals surface area contributed by atoms with Gasteiger partial charge in [0.05, 0.1) is 5.56 Å². The molecule has 2 rings (SSSR count). The molecular weight excluding hydrogens is 214 g/mol. The topological polar surface area (TPSA) is 49.3 Å². The van der Waals surface area contributed by atoms with Crippen LogP contribution in [0.15, 0.2) is 24.3 Å². The van der Waals surface area contributed by atoms with Crippen molar-refractivity contribution in [1.82, 2.24) is 5.32 Å². The van der Waals surface area contributed by atoms with E-state index >= 15 is 0 Å². The molecule has 1 aromatic carbocycles. The van der Waals surface area contributed by atoms with Gasteiger partial charge in [-0.15, -0.1) is 0 Å². The minimum absolute atomic E-state index is 0.283. The van der Waals surface area contributed by atoms with Crippen LogP contribution in [0.5, 0.6) is 0 Å². The molecule has 3 unspecified atom stereocenters. The summed E-state index contributed by atoms with van der Waals surface area (Å²) in [6.45, 7) is 5.47. The van der Waals surface area contributed by atoms with Crippen molar-refractivity contribution < 1.29 is 9.90 Å². The Labute approximate surface area is 102 Å². The fourth-order valence-electron chi connectivity index (χ4n) is 2.69. The largest absolute Gasteiger partial charge is 0.478 e. The van der Waals surface area contributed by atoms with Crippen LogP contribution in [-0.2, 0) is 0 Å². The fourth-order valence-corrected chi connectivity index (χ4v) is 2.69. The quantitative estimate of drug-likeness (QED) is 0.825. The first-order valence-corrected chi connectivity index (χ1v) is 6.14. The summed E-state index contributed by atoms with van der Waals surface area (Å²) in [6, 6.07) is 7.54. The van der Waals surface area contributed by atoms with E-state index in [1.54, 1.807) is 12.1 Å². The second-order valence-electron chi connectivity index (χ2n) is 5.13. The molecule has 0 radical (unpaired) electrons. The molecule has 0 amide bonds. The average Bonchev–Trinajstić information content (AvgIpc) is 2.29. The molecule has 17 heavy (non-hydrogen) atoms. The molecule has 1 aliphatic rings. The van der Waals surface area contributed by atoms with Gasteiger partial charge in [-0.1, -0.05) is 26.0 Å². The molecule has 0 bridgehead atoms. The molecule has 0 aromatic heterocycles. The van der Waals surface area contributed by atoms with Crippen LogP contribution in [0, 0.1) is 11.8 Å². The van der Waals surface area contributed by atoms with E-state index in [1.165, 1.54) is 6.42 Å². The van der Waals surface area contributed by atoms with Crippen LogP contribution >= 0.6 is 0 Å². The molecule has 3 heteroatoms. The molecule has 0 saturated carbocycles. The summed E-state index contributed by atoms with van der Waals surface area (Å²) in [5, 5.41) is 12.5. The van der Waals surface area contributed by atoms with Gasteiger partial charge in [-0.25, -0.2) is 4.79 Å². The van der Waals surface area contributed by atoms with Crippen molar-refractivity contribution in [1.29, 1.82) is 0 Å². The average molecular weight is 233 g/mol. The monoisotopic (exact) mass is 233 g/mol. The van der Waals surface area contributed by atoms with Crippen molar-refractivity contribution in [3.05, 3.63) is 35.4 Å². The number of rotatable bonds is 2. The van der Waals surface area contributed by atoms with Crippen molar-refractivity contribution >= 4 is 5.97 Å².